The lowest BCUT2D eigenvalue weighted by atomic mass is 9.96. The highest BCUT2D eigenvalue weighted by Gasteiger charge is 2.45. The van der Waals surface area contributed by atoms with Gasteiger partial charge in [0.15, 0.2) is 0 Å². The van der Waals surface area contributed by atoms with Crippen molar-refractivity contribution in [1.29, 1.82) is 0 Å². The van der Waals surface area contributed by atoms with Crippen molar-refractivity contribution < 1.29 is 19.1 Å². The van der Waals surface area contributed by atoms with E-state index in [0.717, 1.165) is 17.7 Å². The van der Waals surface area contributed by atoms with Gasteiger partial charge in [-0.15, -0.1) is 0 Å². The molecule has 6 nitrogen and oxygen atoms in total. The lowest BCUT2D eigenvalue weighted by Crippen LogP contribution is -2.48. The van der Waals surface area contributed by atoms with Crippen molar-refractivity contribution in [2.24, 2.45) is 5.92 Å². The van der Waals surface area contributed by atoms with Crippen LogP contribution in [0.25, 0.3) is 0 Å². The maximum Gasteiger partial charge on any atom is 0.310 e. The molecule has 1 aromatic rings. The van der Waals surface area contributed by atoms with Crippen molar-refractivity contribution in [3.8, 4) is 0 Å². The van der Waals surface area contributed by atoms with E-state index in [9.17, 15) is 14.4 Å². The number of imide groups is 1. The summed E-state index contributed by atoms with van der Waals surface area (Å²) in [4.78, 5) is 40.5. The molecule has 1 aromatic carbocycles. The maximum atomic E-state index is 12.9. The molecule has 2 atom stereocenters. The van der Waals surface area contributed by atoms with E-state index < -0.39 is 6.04 Å². The molecule has 0 bridgehead atoms. The summed E-state index contributed by atoms with van der Waals surface area (Å²) >= 11 is 12.2. The Labute approximate surface area is 162 Å². The molecule has 0 spiro atoms. The number of hydrogen-bond donors (Lipinski definition) is 0. The lowest BCUT2D eigenvalue weighted by Gasteiger charge is -2.34. The Balaban J connectivity index is 1.78. The number of carbonyl (C=O) groups is 3. The van der Waals surface area contributed by atoms with E-state index in [2.05, 4.69) is 0 Å². The summed E-state index contributed by atoms with van der Waals surface area (Å²) in [5, 5.41) is 0.689. The van der Waals surface area contributed by atoms with Crippen LogP contribution in [0.4, 0.5) is 5.69 Å². The predicted molar refractivity (Wildman–Crippen MR) is 98.3 cm³/mol. The van der Waals surface area contributed by atoms with Gasteiger partial charge in [0.25, 0.3) is 5.91 Å². The van der Waals surface area contributed by atoms with Crippen molar-refractivity contribution in [2.75, 3.05) is 24.6 Å². The highest BCUT2D eigenvalue weighted by molar-refractivity contribution is 6.37. The topological polar surface area (TPSA) is 66.9 Å². The Morgan fingerprint density at radius 1 is 1.31 bits per heavy atom. The van der Waals surface area contributed by atoms with Gasteiger partial charge >= 0.3 is 5.97 Å². The number of amides is 2. The first-order valence-corrected chi connectivity index (χ1v) is 9.40. The fourth-order valence-corrected chi connectivity index (χ4v) is 3.92. The molecule has 140 valence electrons. The summed E-state index contributed by atoms with van der Waals surface area (Å²) in [7, 11) is 0. The number of piperidine rings is 1. The Morgan fingerprint density at radius 2 is 2.08 bits per heavy atom. The van der Waals surface area contributed by atoms with Gasteiger partial charge in [-0.25, -0.2) is 4.90 Å². The number of ether oxygens (including phenoxy) is 1. The molecule has 2 heterocycles. The number of anilines is 1. The van der Waals surface area contributed by atoms with E-state index in [1.54, 1.807) is 19.1 Å². The second kappa shape index (κ2) is 7.94. The largest absolute Gasteiger partial charge is 0.466 e. The molecule has 2 amide bonds. The van der Waals surface area contributed by atoms with Crippen LogP contribution in [0, 0.1) is 5.92 Å². The van der Waals surface area contributed by atoms with Gasteiger partial charge in [0, 0.05) is 11.6 Å². The van der Waals surface area contributed by atoms with E-state index >= 15 is 0 Å². The molecule has 0 aromatic heterocycles. The third-order valence-electron chi connectivity index (χ3n) is 4.79. The molecule has 0 N–H and O–H groups in total. The average molecular weight is 399 g/mol. The van der Waals surface area contributed by atoms with Gasteiger partial charge in [0.1, 0.15) is 0 Å². The zero-order valence-electron chi connectivity index (χ0n) is 14.4. The van der Waals surface area contributed by atoms with Gasteiger partial charge in [-0.3, -0.25) is 19.3 Å². The Hall–Kier alpha value is -1.63. The van der Waals surface area contributed by atoms with Crippen LogP contribution < -0.4 is 4.90 Å². The van der Waals surface area contributed by atoms with Crippen molar-refractivity contribution in [1.82, 2.24) is 4.90 Å². The predicted octanol–water partition coefficient (Wildman–Crippen LogP) is 2.90. The van der Waals surface area contributed by atoms with Gasteiger partial charge in [-0.05, 0) is 44.5 Å². The first kappa shape index (κ1) is 19.1. The molecule has 0 unspecified atom stereocenters. The lowest BCUT2D eigenvalue weighted by molar-refractivity contribution is -0.150. The SMILES string of the molecule is CCOC(=O)[C@@H]1CCCN([C@@H]2CC(=O)N(c3cc(Cl)ccc3Cl)C2=O)C1. The first-order chi connectivity index (χ1) is 12.4. The minimum Gasteiger partial charge on any atom is -0.466 e. The van der Waals surface area contributed by atoms with Crippen LogP contribution in [0.3, 0.4) is 0 Å². The minimum atomic E-state index is -0.588. The van der Waals surface area contributed by atoms with E-state index in [1.807, 2.05) is 4.90 Å². The van der Waals surface area contributed by atoms with E-state index in [4.69, 9.17) is 27.9 Å². The highest BCUT2D eigenvalue weighted by atomic mass is 35.5. The van der Waals surface area contributed by atoms with Gasteiger partial charge < -0.3 is 4.74 Å². The molecule has 0 radical (unpaired) electrons. The van der Waals surface area contributed by atoms with Crippen molar-refractivity contribution >= 4 is 46.7 Å². The minimum absolute atomic E-state index is 0.0667. The van der Waals surface area contributed by atoms with Gasteiger partial charge in [0.05, 0.1) is 35.7 Å². The fourth-order valence-electron chi connectivity index (χ4n) is 3.55. The number of esters is 1. The van der Waals surface area contributed by atoms with Crippen molar-refractivity contribution in [3.05, 3.63) is 28.2 Å². The Morgan fingerprint density at radius 3 is 2.81 bits per heavy atom. The van der Waals surface area contributed by atoms with E-state index in [1.165, 1.54) is 6.07 Å². The van der Waals surface area contributed by atoms with Crippen LogP contribution in [-0.4, -0.2) is 48.4 Å². The average Bonchev–Trinajstić information content (AvgIpc) is 2.92. The fraction of sp³-hybridized carbons (Fsp3) is 0.500. The monoisotopic (exact) mass is 398 g/mol. The summed E-state index contributed by atoms with van der Waals surface area (Å²) in [5.74, 6) is -1.16. The Kier molecular flexibility index (Phi) is 5.85. The summed E-state index contributed by atoms with van der Waals surface area (Å²) in [6.07, 6.45) is 1.57. The van der Waals surface area contributed by atoms with Crippen LogP contribution in [0.5, 0.6) is 0 Å². The summed E-state index contributed by atoms with van der Waals surface area (Å²) < 4.78 is 5.10. The zero-order chi connectivity index (χ0) is 18.8. The number of carbonyl (C=O) groups excluding carboxylic acids is 3. The normalized spacial score (nSPS) is 24.2. The molecule has 2 fully saturated rings. The molecular formula is C18H20Cl2N2O4. The second-order valence-electron chi connectivity index (χ2n) is 6.47. The molecular weight excluding hydrogens is 379 g/mol. The molecule has 0 aliphatic carbocycles. The van der Waals surface area contributed by atoms with Gasteiger partial charge in [-0.1, -0.05) is 23.2 Å². The molecule has 2 aliphatic heterocycles. The highest BCUT2D eigenvalue weighted by Crippen LogP contribution is 2.34. The molecule has 2 aliphatic rings. The molecule has 2 saturated heterocycles. The second-order valence-corrected chi connectivity index (χ2v) is 7.31. The number of likely N-dealkylation sites (tertiary alicyclic amines) is 1. The maximum absolute atomic E-state index is 12.9. The molecule has 0 saturated carbocycles. The Bertz CT molecular complexity index is 740. The number of nitrogens with zero attached hydrogens (tertiary/aromatic N) is 2. The zero-order valence-corrected chi connectivity index (χ0v) is 15.9. The number of hydrogen-bond acceptors (Lipinski definition) is 5. The smallest absolute Gasteiger partial charge is 0.310 e. The molecule has 8 heteroatoms. The van der Waals surface area contributed by atoms with E-state index in [-0.39, 0.29) is 30.1 Å². The number of benzene rings is 1. The third kappa shape index (κ3) is 3.72. The van der Waals surface area contributed by atoms with Gasteiger partial charge in [-0.2, -0.15) is 0 Å². The summed E-state index contributed by atoms with van der Waals surface area (Å²) in [6.45, 7) is 3.18. The van der Waals surface area contributed by atoms with Crippen LogP contribution in [-0.2, 0) is 19.1 Å². The van der Waals surface area contributed by atoms with Crippen LogP contribution >= 0.6 is 23.2 Å². The van der Waals surface area contributed by atoms with Gasteiger partial charge in [0.2, 0.25) is 5.91 Å². The summed E-state index contributed by atoms with van der Waals surface area (Å²) in [6, 6.07) is 4.09. The summed E-state index contributed by atoms with van der Waals surface area (Å²) in [5.41, 5.74) is 0.301. The van der Waals surface area contributed by atoms with Crippen LogP contribution in [0.15, 0.2) is 18.2 Å². The molecule has 26 heavy (non-hydrogen) atoms. The molecule has 3 rings (SSSR count). The third-order valence-corrected chi connectivity index (χ3v) is 5.34. The van der Waals surface area contributed by atoms with Crippen molar-refractivity contribution in [3.63, 3.8) is 0 Å². The van der Waals surface area contributed by atoms with Crippen LogP contribution in [0.2, 0.25) is 10.0 Å². The van der Waals surface area contributed by atoms with Crippen LogP contribution in [0.1, 0.15) is 26.2 Å². The standard InChI is InChI=1S/C18H20Cl2N2O4/c1-2-26-18(25)11-4-3-7-21(10-11)15-9-16(23)22(17(15)24)14-8-12(19)5-6-13(14)20/h5-6,8,11,15H,2-4,7,9-10H2,1H3/t11-,15-/m1/s1. The number of halogens is 2. The quantitative estimate of drug-likeness (QED) is 0.576. The van der Waals surface area contributed by atoms with Crippen molar-refractivity contribution in [2.45, 2.75) is 32.2 Å². The van der Waals surface area contributed by atoms with E-state index in [0.29, 0.717) is 35.4 Å². The first-order valence-electron chi connectivity index (χ1n) is 8.65. The number of rotatable bonds is 4.